The van der Waals surface area contributed by atoms with Gasteiger partial charge in [0.15, 0.2) is 0 Å². The number of halogens is 2. The fraction of sp³-hybridized carbons (Fsp3) is 0.400. The lowest BCUT2D eigenvalue weighted by Gasteiger charge is -2.13. The van der Waals surface area contributed by atoms with Gasteiger partial charge in [-0.25, -0.2) is 0 Å². The number of carbonyl (C=O) groups excluding carboxylic acids is 3. The first kappa shape index (κ1) is 17.6. The van der Waals surface area contributed by atoms with Gasteiger partial charge in [-0.1, -0.05) is 0 Å². The third-order valence-electron chi connectivity index (χ3n) is 3.78. The lowest BCUT2D eigenvalue weighted by atomic mass is 10.1. The van der Waals surface area contributed by atoms with Crippen molar-refractivity contribution in [1.82, 2.24) is 5.32 Å². The van der Waals surface area contributed by atoms with E-state index in [1.807, 2.05) is 0 Å². The molecule has 1 aromatic carbocycles. The second kappa shape index (κ2) is 6.37. The van der Waals surface area contributed by atoms with E-state index >= 15 is 0 Å². The second-order valence-electron chi connectivity index (χ2n) is 5.50. The number of benzene rings is 1. The fourth-order valence-corrected chi connectivity index (χ4v) is 2.65. The Morgan fingerprint density at radius 2 is 1.78 bits per heavy atom. The molecule has 1 aromatic rings. The van der Waals surface area contributed by atoms with Crippen LogP contribution in [0.2, 0.25) is 0 Å². The predicted molar refractivity (Wildman–Crippen MR) is 86.6 cm³/mol. The minimum Gasteiger partial charge on any atom is -0.468 e. The third kappa shape index (κ3) is 3.76. The molecule has 23 heavy (non-hydrogen) atoms. The van der Waals surface area contributed by atoms with Crippen LogP contribution in [0.4, 0.5) is 5.69 Å². The number of hydrogen-bond donors (Lipinski definition) is 2. The molecule has 124 valence electrons. The number of nitrogens with one attached hydrogen (secondary N) is 2. The number of amides is 2. The molecule has 2 N–H and O–H groups in total. The van der Waals surface area contributed by atoms with Crippen molar-refractivity contribution in [3.8, 4) is 0 Å². The van der Waals surface area contributed by atoms with Crippen LogP contribution in [-0.4, -0.2) is 35.8 Å². The van der Waals surface area contributed by atoms with E-state index in [-0.39, 0.29) is 12.5 Å². The van der Waals surface area contributed by atoms with Crippen LogP contribution in [-0.2, 0) is 14.3 Å². The summed E-state index contributed by atoms with van der Waals surface area (Å²) in [6.45, 7) is 1.48. The smallest absolute Gasteiger partial charge is 0.325 e. The van der Waals surface area contributed by atoms with Crippen molar-refractivity contribution in [2.75, 3.05) is 19.0 Å². The number of carbonyl (C=O) groups is 3. The minimum absolute atomic E-state index is 0.209. The highest BCUT2D eigenvalue weighted by atomic mass is 35.5. The van der Waals surface area contributed by atoms with Gasteiger partial charge >= 0.3 is 5.97 Å². The zero-order valence-electron chi connectivity index (χ0n) is 12.6. The Morgan fingerprint density at radius 3 is 2.26 bits per heavy atom. The van der Waals surface area contributed by atoms with E-state index < -0.39 is 21.6 Å². The number of alkyl halides is 2. The average Bonchev–Trinajstić information content (AvgIpc) is 3.05. The van der Waals surface area contributed by atoms with Crippen LogP contribution in [0.15, 0.2) is 24.3 Å². The molecule has 1 fully saturated rings. The van der Waals surface area contributed by atoms with E-state index in [0.717, 1.165) is 0 Å². The number of hydrogen-bond acceptors (Lipinski definition) is 4. The molecule has 0 bridgehead atoms. The number of anilines is 1. The van der Waals surface area contributed by atoms with Crippen LogP contribution in [0.1, 0.15) is 23.7 Å². The molecule has 0 spiro atoms. The van der Waals surface area contributed by atoms with Gasteiger partial charge in [-0.3, -0.25) is 14.4 Å². The van der Waals surface area contributed by atoms with Gasteiger partial charge in [0.2, 0.25) is 5.91 Å². The summed E-state index contributed by atoms with van der Waals surface area (Å²) < 4.78 is 3.39. The minimum atomic E-state index is -1.04. The highest BCUT2D eigenvalue weighted by molar-refractivity contribution is 6.53. The number of ether oxygens (including phenoxy) is 1. The maximum absolute atomic E-state index is 12.1. The molecule has 1 aliphatic rings. The molecule has 0 aromatic heterocycles. The van der Waals surface area contributed by atoms with Crippen LogP contribution in [0, 0.1) is 5.41 Å². The molecule has 1 aliphatic carbocycles. The summed E-state index contributed by atoms with van der Waals surface area (Å²) in [5.41, 5.74) is 0.0671. The second-order valence-corrected chi connectivity index (χ2v) is 6.99. The highest BCUT2D eigenvalue weighted by Crippen LogP contribution is 2.64. The van der Waals surface area contributed by atoms with Crippen molar-refractivity contribution < 1.29 is 19.1 Å². The van der Waals surface area contributed by atoms with Gasteiger partial charge in [0.05, 0.1) is 12.5 Å². The molecular formula is C15H16Cl2N2O4. The van der Waals surface area contributed by atoms with Gasteiger partial charge in [-0.2, -0.15) is 0 Å². The summed E-state index contributed by atoms with van der Waals surface area (Å²) in [4.78, 5) is 34.9. The maximum Gasteiger partial charge on any atom is 0.325 e. The molecule has 1 saturated carbocycles. The molecule has 2 rings (SSSR count). The Kier molecular flexibility index (Phi) is 4.87. The van der Waals surface area contributed by atoms with Crippen molar-refractivity contribution in [2.45, 2.75) is 17.7 Å². The standard InChI is InChI=1S/C15H16Cl2N2O4/c1-14(8-15(14,16)17)13(22)19-10-5-3-9(4-6-10)12(21)18-7-11(20)23-2/h3-6H,7-8H2,1-2H3,(H,18,21)(H,19,22). The molecule has 2 amide bonds. The normalized spacial score (nSPS) is 21.2. The summed E-state index contributed by atoms with van der Waals surface area (Å²) in [5, 5.41) is 5.13. The molecule has 8 heteroatoms. The van der Waals surface area contributed by atoms with Crippen molar-refractivity contribution in [3.63, 3.8) is 0 Å². The first-order valence-corrected chi connectivity index (χ1v) is 7.59. The van der Waals surface area contributed by atoms with Gasteiger partial charge in [-0.15, -0.1) is 23.2 Å². The van der Waals surface area contributed by atoms with Gasteiger partial charge in [0.25, 0.3) is 5.91 Å². The summed E-state index contributed by atoms with van der Waals surface area (Å²) in [6, 6.07) is 6.24. The first-order chi connectivity index (χ1) is 10.7. The Balaban J connectivity index is 1.93. The van der Waals surface area contributed by atoms with Gasteiger partial charge in [-0.05, 0) is 37.6 Å². The topological polar surface area (TPSA) is 84.5 Å². The van der Waals surface area contributed by atoms with Gasteiger partial charge in [0, 0.05) is 11.3 Å². The average molecular weight is 359 g/mol. The van der Waals surface area contributed by atoms with Crippen molar-refractivity contribution in [2.24, 2.45) is 5.41 Å². The number of methoxy groups -OCH3 is 1. The van der Waals surface area contributed by atoms with Crippen molar-refractivity contribution in [3.05, 3.63) is 29.8 Å². The molecule has 0 saturated heterocycles. The Morgan fingerprint density at radius 1 is 1.22 bits per heavy atom. The molecule has 1 atom stereocenters. The largest absolute Gasteiger partial charge is 0.468 e. The van der Waals surface area contributed by atoms with E-state index in [1.165, 1.54) is 19.2 Å². The molecular weight excluding hydrogens is 343 g/mol. The molecule has 0 heterocycles. The zero-order valence-corrected chi connectivity index (χ0v) is 14.1. The summed E-state index contributed by atoms with van der Waals surface area (Å²) in [7, 11) is 1.24. The van der Waals surface area contributed by atoms with Crippen LogP contribution in [0.3, 0.4) is 0 Å². The van der Waals surface area contributed by atoms with Crippen LogP contribution in [0.5, 0.6) is 0 Å². The number of esters is 1. The maximum atomic E-state index is 12.1. The van der Waals surface area contributed by atoms with E-state index in [1.54, 1.807) is 19.1 Å². The number of rotatable bonds is 5. The van der Waals surface area contributed by atoms with E-state index in [9.17, 15) is 14.4 Å². The van der Waals surface area contributed by atoms with E-state index in [4.69, 9.17) is 23.2 Å². The Hall–Kier alpha value is -1.79. The molecule has 6 nitrogen and oxygen atoms in total. The van der Waals surface area contributed by atoms with Crippen molar-refractivity contribution >= 4 is 46.7 Å². The third-order valence-corrected chi connectivity index (χ3v) is 4.89. The molecule has 0 radical (unpaired) electrons. The Labute approximate surface area is 143 Å². The highest BCUT2D eigenvalue weighted by Gasteiger charge is 2.67. The SMILES string of the molecule is COC(=O)CNC(=O)c1ccc(NC(=O)C2(C)CC2(Cl)Cl)cc1. The summed E-state index contributed by atoms with van der Waals surface area (Å²) in [6.07, 6.45) is 0.392. The van der Waals surface area contributed by atoms with Gasteiger partial charge in [0.1, 0.15) is 10.9 Å². The summed E-state index contributed by atoms with van der Waals surface area (Å²) in [5.74, 6) is -1.22. The van der Waals surface area contributed by atoms with Crippen LogP contribution < -0.4 is 10.6 Å². The zero-order chi connectivity index (χ0) is 17.3. The van der Waals surface area contributed by atoms with Gasteiger partial charge < -0.3 is 15.4 Å². The summed E-state index contributed by atoms with van der Waals surface area (Å²) >= 11 is 11.9. The van der Waals surface area contributed by atoms with Crippen LogP contribution >= 0.6 is 23.2 Å². The Bertz CT molecular complexity index is 645. The van der Waals surface area contributed by atoms with E-state index in [0.29, 0.717) is 17.7 Å². The monoisotopic (exact) mass is 358 g/mol. The van der Waals surface area contributed by atoms with E-state index in [2.05, 4.69) is 15.4 Å². The lowest BCUT2D eigenvalue weighted by Crippen LogP contribution is -2.30. The lowest BCUT2D eigenvalue weighted by molar-refractivity contribution is -0.139. The molecule has 1 unspecified atom stereocenters. The first-order valence-electron chi connectivity index (χ1n) is 6.84. The predicted octanol–water partition coefficient (Wildman–Crippen LogP) is 2.11. The quantitative estimate of drug-likeness (QED) is 0.623. The van der Waals surface area contributed by atoms with Crippen molar-refractivity contribution in [1.29, 1.82) is 0 Å². The molecule has 0 aliphatic heterocycles. The fourth-order valence-electron chi connectivity index (χ4n) is 1.95. The van der Waals surface area contributed by atoms with Crippen LogP contribution in [0.25, 0.3) is 0 Å².